The van der Waals surface area contributed by atoms with E-state index in [1.165, 1.54) is 42.5 Å². The van der Waals surface area contributed by atoms with Gasteiger partial charge in [0.05, 0.1) is 34.7 Å². The van der Waals surface area contributed by atoms with Crippen LogP contribution in [-0.2, 0) is 22.0 Å². The SMILES string of the molecule is C[C@@H](n1cnc2cc(S(C)(=O)=O)ccc2c1=O)[C@](O)(Cn1cncn1)c1ccc(F)cc1F. The lowest BCUT2D eigenvalue weighted by molar-refractivity contribution is -0.0343. The van der Waals surface area contributed by atoms with Gasteiger partial charge in [0.15, 0.2) is 9.84 Å². The van der Waals surface area contributed by atoms with E-state index in [0.717, 1.165) is 29.3 Å². The van der Waals surface area contributed by atoms with Crippen molar-refractivity contribution in [1.29, 1.82) is 0 Å². The number of hydrogen-bond donors (Lipinski definition) is 1. The van der Waals surface area contributed by atoms with Crippen molar-refractivity contribution in [2.75, 3.05) is 6.26 Å². The number of sulfone groups is 1. The average molecular weight is 475 g/mol. The quantitative estimate of drug-likeness (QED) is 0.452. The zero-order valence-electron chi connectivity index (χ0n) is 17.6. The molecule has 172 valence electrons. The van der Waals surface area contributed by atoms with Crippen molar-refractivity contribution in [3.05, 3.63) is 82.9 Å². The number of fused-ring (bicyclic) bond motifs is 1. The Hall–Kier alpha value is -3.51. The van der Waals surface area contributed by atoms with E-state index < -0.39 is 38.7 Å². The lowest BCUT2D eigenvalue weighted by Crippen LogP contribution is -2.43. The van der Waals surface area contributed by atoms with Gasteiger partial charge in [-0.25, -0.2) is 31.8 Å². The molecular weight excluding hydrogens is 456 g/mol. The third-order valence-electron chi connectivity index (χ3n) is 5.56. The minimum atomic E-state index is -3.51. The summed E-state index contributed by atoms with van der Waals surface area (Å²) in [6, 6.07) is 5.56. The standard InChI is InChI=1S/C21H19F2N5O4S/c1-13(28-12-25-19-8-15(33(2,31)32)4-5-16(19)20(28)29)21(30,9-27-11-24-10-26-27)17-6-3-14(22)7-18(17)23/h3-8,10-13,30H,9H2,1-2H3/t13-,21-/m1/s1. The van der Waals surface area contributed by atoms with Gasteiger partial charge in [-0.15, -0.1) is 0 Å². The van der Waals surface area contributed by atoms with Gasteiger partial charge in [-0.1, -0.05) is 6.07 Å². The van der Waals surface area contributed by atoms with Gasteiger partial charge in [-0.05, 0) is 31.2 Å². The lowest BCUT2D eigenvalue weighted by Gasteiger charge is -2.35. The summed E-state index contributed by atoms with van der Waals surface area (Å²) in [5.41, 5.74) is -2.73. The van der Waals surface area contributed by atoms with E-state index in [-0.39, 0.29) is 27.9 Å². The minimum Gasteiger partial charge on any atom is -0.381 e. The van der Waals surface area contributed by atoms with Gasteiger partial charge in [0, 0.05) is 17.9 Å². The van der Waals surface area contributed by atoms with E-state index in [1.807, 2.05) is 0 Å². The Morgan fingerprint density at radius 2 is 1.91 bits per heavy atom. The molecule has 12 heteroatoms. The molecule has 1 N–H and O–H groups in total. The molecule has 0 radical (unpaired) electrons. The van der Waals surface area contributed by atoms with E-state index in [0.29, 0.717) is 6.07 Å². The monoisotopic (exact) mass is 475 g/mol. The average Bonchev–Trinajstić information content (AvgIpc) is 3.25. The predicted octanol–water partition coefficient (Wildman–Crippen LogP) is 1.82. The molecular formula is C21H19F2N5O4S. The summed E-state index contributed by atoms with van der Waals surface area (Å²) in [5.74, 6) is -1.82. The zero-order valence-corrected chi connectivity index (χ0v) is 18.4. The van der Waals surface area contributed by atoms with Crippen LogP contribution < -0.4 is 5.56 Å². The molecule has 4 aromatic rings. The number of nitrogens with zero attached hydrogens (tertiary/aromatic N) is 5. The van der Waals surface area contributed by atoms with Crippen LogP contribution in [0.15, 0.2) is 65.1 Å². The Labute approximate surface area is 186 Å². The zero-order chi connectivity index (χ0) is 24.0. The fraction of sp³-hybridized carbons (Fsp3) is 0.238. The molecule has 0 unspecified atom stereocenters. The number of rotatable bonds is 6. The molecule has 0 aliphatic rings. The first-order chi connectivity index (χ1) is 15.5. The van der Waals surface area contributed by atoms with E-state index in [9.17, 15) is 27.1 Å². The number of aliphatic hydroxyl groups is 1. The highest BCUT2D eigenvalue weighted by atomic mass is 32.2. The molecule has 0 amide bonds. The molecule has 2 heterocycles. The number of aromatic nitrogens is 5. The van der Waals surface area contributed by atoms with Gasteiger partial charge in [0.2, 0.25) is 0 Å². The third-order valence-corrected chi connectivity index (χ3v) is 6.67. The van der Waals surface area contributed by atoms with Crippen molar-refractivity contribution in [1.82, 2.24) is 24.3 Å². The highest BCUT2D eigenvalue weighted by Gasteiger charge is 2.41. The largest absolute Gasteiger partial charge is 0.381 e. The molecule has 0 fully saturated rings. The van der Waals surface area contributed by atoms with Gasteiger partial charge in [0.25, 0.3) is 5.56 Å². The predicted molar refractivity (Wildman–Crippen MR) is 114 cm³/mol. The molecule has 0 aliphatic carbocycles. The second-order valence-electron chi connectivity index (χ2n) is 7.73. The summed E-state index contributed by atoms with van der Waals surface area (Å²) in [6.07, 6.45) is 4.73. The second kappa shape index (κ2) is 8.12. The smallest absolute Gasteiger partial charge is 0.261 e. The third kappa shape index (κ3) is 4.14. The van der Waals surface area contributed by atoms with E-state index in [4.69, 9.17) is 0 Å². The minimum absolute atomic E-state index is 0.00349. The maximum Gasteiger partial charge on any atom is 0.261 e. The summed E-state index contributed by atoms with van der Waals surface area (Å²) in [5, 5.41) is 15.7. The Bertz CT molecular complexity index is 1510. The summed E-state index contributed by atoms with van der Waals surface area (Å²) in [6.45, 7) is 1.19. The van der Waals surface area contributed by atoms with Gasteiger partial charge in [0.1, 0.15) is 29.9 Å². The molecule has 2 atom stereocenters. The lowest BCUT2D eigenvalue weighted by atomic mass is 9.86. The molecule has 0 aliphatic heterocycles. The van der Waals surface area contributed by atoms with Gasteiger partial charge in [-0.2, -0.15) is 5.10 Å². The molecule has 2 aromatic heterocycles. The summed E-state index contributed by atoms with van der Waals surface area (Å²) >= 11 is 0. The number of halogens is 2. The highest BCUT2D eigenvalue weighted by molar-refractivity contribution is 7.90. The normalized spacial score (nSPS) is 14.8. The van der Waals surface area contributed by atoms with Crippen LogP contribution in [0.3, 0.4) is 0 Å². The molecule has 0 spiro atoms. The molecule has 0 saturated heterocycles. The highest BCUT2D eigenvalue weighted by Crippen LogP contribution is 2.36. The van der Waals surface area contributed by atoms with Crippen molar-refractivity contribution in [3.63, 3.8) is 0 Å². The van der Waals surface area contributed by atoms with Crippen LogP contribution in [0.2, 0.25) is 0 Å². The first-order valence-corrected chi connectivity index (χ1v) is 11.6. The molecule has 33 heavy (non-hydrogen) atoms. The summed E-state index contributed by atoms with van der Waals surface area (Å²) in [7, 11) is -3.51. The fourth-order valence-electron chi connectivity index (χ4n) is 3.70. The van der Waals surface area contributed by atoms with Gasteiger partial charge < -0.3 is 5.11 Å². The van der Waals surface area contributed by atoms with Crippen LogP contribution in [0.5, 0.6) is 0 Å². The van der Waals surface area contributed by atoms with Crippen LogP contribution >= 0.6 is 0 Å². The first kappa shape index (κ1) is 22.7. The fourth-order valence-corrected chi connectivity index (χ4v) is 4.34. The molecule has 2 aromatic carbocycles. The van der Waals surface area contributed by atoms with Crippen molar-refractivity contribution in [2.24, 2.45) is 0 Å². The molecule has 0 saturated carbocycles. The Balaban J connectivity index is 1.87. The Morgan fingerprint density at radius 3 is 2.55 bits per heavy atom. The maximum absolute atomic E-state index is 14.8. The van der Waals surface area contributed by atoms with Crippen molar-refractivity contribution in [3.8, 4) is 0 Å². The topological polar surface area (TPSA) is 120 Å². The van der Waals surface area contributed by atoms with Crippen molar-refractivity contribution < 1.29 is 22.3 Å². The number of hydrogen-bond acceptors (Lipinski definition) is 7. The number of benzene rings is 2. The van der Waals surface area contributed by atoms with Crippen molar-refractivity contribution in [2.45, 2.75) is 30.0 Å². The molecule has 4 rings (SSSR count). The van der Waals surface area contributed by atoms with Crippen LogP contribution in [-0.4, -0.2) is 44.1 Å². The Kier molecular flexibility index (Phi) is 5.58. The molecule has 0 bridgehead atoms. The van der Waals surface area contributed by atoms with Crippen LogP contribution in [0.25, 0.3) is 10.9 Å². The van der Waals surface area contributed by atoms with Crippen LogP contribution in [0.4, 0.5) is 8.78 Å². The van der Waals surface area contributed by atoms with Crippen molar-refractivity contribution >= 4 is 20.7 Å². The van der Waals surface area contributed by atoms with Crippen LogP contribution in [0, 0.1) is 11.6 Å². The Morgan fingerprint density at radius 1 is 1.15 bits per heavy atom. The van der Waals surface area contributed by atoms with Crippen LogP contribution in [0.1, 0.15) is 18.5 Å². The van der Waals surface area contributed by atoms with E-state index in [2.05, 4.69) is 15.1 Å². The molecule has 9 nitrogen and oxygen atoms in total. The van der Waals surface area contributed by atoms with E-state index >= 15 is 0 Å². The second-order valence-corrected chi connectivity index (χ2v) is 9.74. The van der Waals surface area contributed by atoms with Gasteiger partial charge >= 0.3 is 0 Å². The van der Waals surface area contributed by atoms with E-state index in [1.54, 1.807) is 0 Å². The summed E-state index contributed by atoms with van der Waals surface area (Å²) < 4.78 is 54.3. The van der Waals surface area contributed by atoms with Gasteiger partial charge in [-0.3, -0.25) is 9.36 Å². The first-order valence-electron chi connectivity index (χ1n) is 9.72. The maximum atomic E-state index is 14.8. The summed E-state index contributed by atoms with van der Waals surface area (Å²) in [4.78, 5) is 21.2.